The lowest BCUT2D eigenvalue weighted by Crippen LogP contribution is -2.40. The average molecular weight is 489 g/mol. The van der Waals surface area contributed by atoms with Crippen molar-refractivity contribution in [3.63, 3.8) is 0 Å². The summed E-state index contributed by atoms with van der Waals surface area (Å²) in [4.78, 5) is 6.73. The molecule has 0 unspecified atom stereocenters. The topological polar surface area (TPSA) is 106 Å². The Kier molecular flexibility index (Phi) is 6.94. The average Bonchev–Trinajstić information content (AvgIpc) is 2.82. The van der Waals surface area contributed by atoms with Crippen LogP contribution in [0.3, 0.4) is 0 Å². The van der Waals surface area contributed by atoms with E-state index in [0.717, 1.165) is 12.8 Å². The van der Waals surface area contributed by atoms with E-state index in [0.29, 0.717) is 30.0 Å². The van der Waals surface area contributed by atoms with Gasteiger partial charge in [-0.2, -0.15) is 5.26 Å². The molecule has 0 bridgehead atoms. The minimum atomic E-state index is -1.28. The molecule has 0 amide bonds. The third-order valence-corrected chi connectivity index (χ3v) is 5.97. The largest absolute Gasteiger partial charge is 0.507 e. The maximum absolute atomic E-state index is 14.9. The highest BCUT2D eigenvalue weighted by Crippen LogP contribution is 2.41. The van der Waals surface area contributed by atoms with Gasteiger partial charge in [-0.1, -0.05) is 24.0 Å². The second kappa shape index (κ2) is 9.94. The molecular formula is C28H26F2N4O2. The minimum absolute atomic E-state index is 0.0839. The maximum Gasteiger partial charge on any atom is 0.141 e. The zero-order chi connectivity index (χ0) is 26.0. The predicted molar refractivity (Wildman–Crippen MR) is 134 cm³/mol. The highest BCUT2D eigenvalue weighted by molar-refractivity contribution is 5.87. The van der Waals surface area contributed by atoms with E-state index in [1.165, 1.54) is 44.2 Å². The zero-order valence-corrected chi connectivity index (χ0v) is 20.0. The fourth-order valence-electron chi connectivity index (χ4n) is 4.05. The molecule has 36 heavy (non-hydrogen) atoms. The molecule has 0 spiro atoms. The van der Waals surface area contributed by atoms with E-state index in [-0.39, 0.29) is 34.2 Å². The molecule has 0 aliphatic carbocycles. The molecule has 1 fully saturated rings. The van der Waals surface area contributed by atoms with E-state index in [9.17, 15) is 19.0 Å². The molecule has 0 atom stereocenters. The Bertz CT molecular complexity index is 1410. The van der Waals surface area contributed by atoms with Crippen LogP contribution in [0, 0.1) is 34.8 Å². The predicted octanol–water partition coefficient (Wildman–Crippen LogP) is 4.32. The van der Waals surface area contributed by atoms with Gasteiger partial charge in [-0.3, -0.25) is 0 Å². The van der Waals surface area contributed by atoms with Crippen LogP contribution < -0.4 is 10.6 Å². The highest BCUT2D eigenvalue weighted by atomic mass is 19.1. The fraction of sp³-hybridized carbons (Fsp3) is 0.286. The number of hydrogen-bond acceptors (Lipinski definition) is 6. The van der Waals surface area contributed by atoms with Crippen LogP contribution in [0.25, 0.3) is 22.4 Å². The summed E-state index contributed by atoms with van der Waals surface area (Å²) in [6.45, 7) is 4.29. The van der Waals surface area contributed by atoms with Gasteiger partial charge in [0.1, 0.15) is 34.9 Å². The summed E-state index contributed by atoms with van der Waals surface area (Å²) in [5.41, 5.74) is 5.82. The first-order valence-electron chi connectivity index (χ1n) is 11.6. The van der Waals surface area contributed by atoms with Crippen LogP contribution in [-0.2, 0) is 0 Å². The summed E-state index contributed by atoms with van der Waals surface area (Å²) in [6, 6.07) is 11.7. The van der Waals surface area contributed by atoms with E-state index in [1.54, 1.807) is 18.2 Å². The number of benzene rings is 2. The van der Waals surface area contributed by atoms with E-state index in [1.807, 2.05) is 4.90 Å². The highest BCUT2D eigenvalue weighted by Gasteiger charge is 2.23. The number of piperidine rings is 1. The number of aromatic nitrogens is 1. The van der Waals surface area contributed by atoms with E-state index >= 15 is 0 Å². The lowest BCUT2D eigenvalue weighted by atomic mass is 9.96. The van der Waals surface area contributed by atoms with Gasteiger partial charge in [-0.15, -0.1) is 0 Å². The van der Waals surface area contributed by atoms with Gasteiger partial charge in [0.25, 0.3) is 0 Å². The van der Waals surface area contributed by atoms with Crippen LogP contribution in [0.2, 0.25) is 0 Å². The molecule has 2 aromatic carbocycles. The molecular weight excluding hydrogens is 462 g/mol. The van der Waals surface area contributed by atoms with Crippen LogP contribution in [0.15, 0.2) is 42.5 Å². The Hall–Kier alpha value is -3.98. The molecule has 0 radical (unpaired) electrons. The van der Waals surface area contributed by atoms with Crippen LogP contribution in [0.4, 0.5) is 14.6 Å². The number of nitriles is 1. The van der Waals surface area contributed by atoms with Crippen LogP contribution in [-0.4, -0.2) is 39.9 Å². The van der Waals surface area contributed by atoms with Crippen molar-refractivity contribution in [3.05, 3.63) is 65.2 Å². The summed E-state index contributed by atoms with van der Waals surface area (Å²) >= 11 is 0. The van der Waals surface area contributed by atoms with E-state index < -0.39 is 17.2 Å². The van der Waals surface area contributed by atoms with Crippen LogP contribution in [0.5, 0.6) is 5.75 Å². The van der Waals surface area contributed by atoms with Crippen molar-refractivity contribution in [2.45, 2.75) is 38.3 Å². The van der Waals surface area contributed by atoms with Gasteiger partial charge in [0, 0.05) is 30.8 Å². The van der Waals surface area contributed by atoms with E-state index in [4.69, 9.17) is 16.0 Å². The number of hydrogen-bond donors (Lipinski definition) is 3. The van der Waals surface area contributed by atoms with Gasteiger partial charge in [0.15, 0.2) is 0 Å². The van der Waals surface area contributed by atoms with Crippen molar-refractivity contribution in [1.82, 2.24) is 4.98 Å². The molecule has 3 aromatic rings. The summed E-state index contributed by atoms with van der Waals surface area (Å²) < 4.78 is 29.5. The Labute approximate surface area is 208 Å². The maximum atomic E-state index is 14.9. The van der Waals surface area contributed by atoms with Gasteiger partial charge in [-0.05, 0) is 56.5 Å². The Balaban J connectivity index is 1.86. The molecule has 1 saturated heterocycles. The quantitative estimate of drug-likeness (QED) is 0.474. The number of rotatable bonds is 3. The normalized spacial score (nSPS) is 14.2. The first-order valence-corrected chi connectivity index (χ1v) is 11.6. The van der Waals surface area contributed by atoms with Crippen molar-refractivity contribution in [2.75, 3.05) is 18.0 Å². The van der Waals surface area contributed by atoms with Crippen molar-refractivity contribution in [1.29, 1.82) is 5.26 Å². The molecule has 1 aliphatic rings. The number of halogens is 2. The third-order valence-electron chi connectivity index (χ3n) is 5.97. The van der Waals surface area contributed by atoms with Crippen molar-refractivity contribution < 1.29 is 19.0 Å². The minimum Gasteiger partial charge on any atom is -0.507 e. The summed E-state index contributed by atoms with van der Waals surface area (Å²) in [6.07, 6.45) is 1.53. The number of aromatic hydroxyl groups is 1. The smallest absolute Gasteiger partial charge is 0.141 e. The SMILES string of the molecule is CC(C)(O)C#Cc1ccc(-c2c(O)cc(N3CCC(N)CC3)nc2-c2ccc(C#N)c(F)c2)cc1F. The molecule has 1 aliphatic heterocycles. The number of anilines is 1. The molecule has 4 rings (SSSR count). The van der Waals surface area contributed by atoms with Crippen molar-refractivity contribution in [3.8, 4) is 46.0 Å². The second-order valence-corrected chi connectivity index (χ2v) is 9.36. The first kappa shape index (κ1) is 25.1. The summed E-state index contributed by atoms with van der Waals surface area (Å²) in [7, 11) is 0. The molecule has 0 saturated carbocycles. The Morgan fingerprint density at radius 2 is 1.64 bits per heavy atom. The zero-order valence-electron chi connectivity index (χ0n) is 20.0. The van der Waals surface area contributed by atoms with Gasteiger partial charge < -0.3 is 20.8 Å². The van der Waals surface area contributed by atoms with Crippen molar-refractivity contribution in [2.24, 2.45) is 5.73 Å². The van der Waals surface area contributed by atoms with Gasteiger partial charge >= 0.3 is 0 Å². The van der Waals surface area contributed by atoms with Crippen LogP contribution in [0.1, 0.15) is 37.8 Å². The molecule has 6 nitrogen and oxygen atoms in total. The summed E-state index contributed by atoms with van der Waals surface area (Å²) in [5, 5.41) is 30.0. The molecule has 8 heteroatoms. The Morgan fingerprint density at radius 3 is 2.25 bits per heavy atom. The molecule has 4 N–H and O–H groups in total. The Morgan fingerprint density at radius 1 is 1.03 bits per heavy atom. The number of pyridine rings is 1. The van der Waals surface area contributed by atoms with E-state index in [2.05, 4.69) is 11.8 Å². The lowest BCUT2D eigenvalue weighted by molar-refractivity contribution is 0.143. The van der Waals surface area contributed by atoms with Gasteiger partial charge in [0.05, 0.1) is 22.4 Å². The number of nitrogens with zero attached hydrogens (tertiary/aromatic N) is 3. The number of nitrogens with two attached hydrogens (primary N) is 1. The van der Waals surface area contributed by atoms with Gasteiger partial charge in [-0.25, -0.2) is 13.8 Å². The van der Waals surface area contributed by atoms with Crippen molar-refractivity contribution >= 4 is 5.82 Å². The third kappa shape index (κ3) is 5.46. The van der Waals surface area contributed by atoms with Crippen LogP contribution >= 0.6 is 0 Å². The molecule has 2 heterocycles. The lowest BCUT2D eigenvalue weighted by Gasteiger charge is -2.31. The first-order chi connectivity index (χ1) is 17.1. The molecule has 184 valence electrons. The monoisotopic (exact) mass is 488 g/mol. The molecule has 1 aromatic heterocycles. The second-order valence-electron chi connectivity index (χ2n) is 9.36. The van der Waals surface area contributed by atoms with Gasteiger partial charge in [0.2, 0.25) is 0 Å². The standard InChI is InChI=1S/C28H26F2N4O2/c1-28(2,36)10-7-17-3-4-18(13-22(17)29)26-24(35)15-25(34-11-8-21(32)9-12-34)33-27(26)19-5-6-20(16-31)23(30)14-19/h3-6,13-15,21,36H,8-9,11-12,32H2,1-2H3,(H,33,35). The fourth-order valence-corrected chi connectivity index (χ4v) is 4.05. The number of aliphatic hydroxyl groups is 1. The summed E-state index contributed by atoms with van der Waals surface area (Å²) in [5.74, 6) is 4.17.